The summed E-state index contributed by atoms with van der Waals surface area (Å²) < 4.78 is 15.7. The van der Waals surface area contributed by atoms with Crippen molar-refractivity contribution in [1.29, 1.82) is 5.26 Å². The highest BCUT2D eigenvalue weighted by molar-refractivity contribution is 5.94. The van der Waals surface area contributed by atoms with E-state index in [9.17, 15) is 14.4 Å². The van der Waals surface area contributed by atoms with Crippen LogP contribution in [-0.4, -0.2) is 30.7 Å². The summed E-state index contributed by atoms with van der Waals surface area (Å²) in [7, 11) is 0. The second kappa shape index (κ2) is 9.43. The van der Waals surface area contributed by atoms with Crippen LogP contribution in [0.3, 0.4) is 0 Å². The van der Waals surface area contributed by atoms with E-state index in [2.05, 4.69) is 10.6 Å². The van der Waals surface area contributed by atoms with Gasteiger partial charge in [0.15, 0.2) is 17.6 Å². The first-order chi connectivity index (χ1) is 14.5. The Morgan fingerprint density at radius 2 is 1.87 bits per heavy atom. The molecule has 0 saturated heterocycles. The Morgan fingerprint density at radius 1 is 1.13 bits per heavy atom. The number of benzene rings is 2. The molecule has 1 aliphatic heterocycles. The molecule has 1 atom stereocenters. The largest absolute Gasteiger partial charge is 0.454 e. The van der Waals surface area contributed by atoms with Crippen molar-refractivity contribution in [2.24, 2.45) is 0 Å². The quantitative estimate of drug-likeness (QED) is 0.671. The molecule has 2 aromatic carbocycles. The van der Waals surface area contributed by atoms with Crippen LogP contribution in [0.5, 0.6) is 11.5 Å². The molecule has 2 aromatic rings. The van der Waals surface area contributed by atoms with E-state index in [1.165, 1.54) is 31.2 Å². The molecular formula is C21H19N3O6. The van der Waals surface area contributed by atoms with Gasteiger partial charge in [-0.15, -0.1) is 0 Å². The van der Waals surface area contributed by atoms with Crippen molar-refractivity contribution in [2.45, 2.75) is 26.0 Å². The van der Waals surface area contributed by atoms with E-state index in [0.29, 0.717) is 17.2 Å². The first-order valence-corrected chi connectivity index (χ1v) is 9.10. The van der Waals surface area contributed by atoms with E-state index in [1.54, 1.807) is 24.3 Å². The van der Waals surface area contributed by atoms with E-state index in [-0.39, 0.29) is 25.3 Å². The number of hydrogen-bond donors (Lipinski definition) is 2. The van der Waals surface area contributed by atoms with Gasteiger partial charge in [-0.2, -0.15) is 5.26 Å². The van der Waals surface area contributed by atoms with Crippen LogP contribution < -0.4 is 20.1 Å². The van der Waals surface area contributed by atoms with Crippen LogP contribution in [0.2, 0.25) is 0 Å². The fourth-order valence-corrected chi connectivity index (χ4v) is 2.63. The van der Waals surface area contributed by atoms with Gasteiger partial charge in [0.25, 0.3) is 5.91 Å². The number of rotatable bonds is 7. The van der Waals surface area contributed by atoms with Gasteiger partial charge in [0, 0.05) is 12.2 Å². The number of fused-ring (bicyclic) bond motifs is 1. The van der Waals surface area contributed by atoms with E-state index in [4.69, 9.17) is 19.5 Å². The second-order valence-electron chi connectivity index (χ2n) is 6.41. The van der Waals surface area contributed by atoms with E-state index < -0.39 is 23.9 Å². The average molecular weight is 409 g/mol. The maximum atomic E-state index is 12.2. The summed E-state index contributed by atoms with van der Waals surface area (Å²) in [5, 5.41) is 13.7. The van der Waals surface area contributed by atoms with Crippen LogP contribution in [0.4, 0.5) is 5.69 Å². The molecular weight excluding hydrogens is 390 g/mol. The summed E-state index contributed by atoms with van der Waals surface area (Å²) in [4.78, 5) is 35.9. The molecule has 0 radical (unpaired) electrons. The molecule has 0 spiro atoms. The summed E-state index contributed by atoms with van der Waals surface area (Å²) in [5.74, 6) is -0.283. The summed E-state index contributed by atoms with van der Waals surface area (Å²) in [6.07, 6.45) is -1.26. The molecule has 3 rings (SSSR count). The fraction of sp³-hybridized carbons (Fsp3) is 0.238. The highest BCUT2D eigenvalue weighted by Crippen LogP contribution is 2.32. The number of carbonyl (C=O) groups excluding carboxylic acids is 3. The van der Waals surface area contributed by atoms with Crippen molar-refractivity contribution in [3.05, 3.63) is 53.6 Å². The van der Waals surface area contributed by atoms with Gasteiger partial charge in [0.1, 0.15) is 6.42 Å². The number of anilines is 1. The number of esters is 1. The van der Waals surface area contributed by atoms with Crippen LogP contribution >= 0.6 is 0 Å². The van der Waals surface area contributed by atoms with Gasteiger partial charge in [0.05, 0.1) is 11.6 Å². The lowest BCUT2D eigenvalue weighted by atomic mass is 10.2. The highest BCUT2D eigenvalue weighted by atomic mass is 16.7. The van der Waals surface area contributed by atoms with Gasteiger partial charge in [-0.3, -0.25) is 9.59 Å². The summed E-state index contributed by atoms with van der Waals surface area (Å²) in [6.45, 7) is 1.89. The van der Waals surface area contributed by atoms with Crippen molar-refractivity contribution in [3.8, 4) is 17.6 Å². The van der Waals surface area contributed by atoms with Crippen molar-refractivity contribution in [3.63, 3.8) is 0 Å². The topological polar surface area (TPSA) is 127 Å². The summed E-state index contributed by atoms with van der Waals surface area (Å²) >= 11 is 0. The summed E-state index contributed by atoms with van der Waals surface area (Å²) in [6, 6.07) is 13.0. The molecule has 0 aromatic heterocycles. The van der Waals surface area contributed by atoms with E-state index >= 15 is 0 Å². The second-order valence-corrected chi connectivity index (χ2v) is 6.41. The number of ether oxygens (including phenoxy) is 3. The molecule has 1 heterocycles. The number of nitrogens with zero attached hydrogens (tertiary/aromatic N) is 1. The van der Waals surface area contributed by atoms with Crippen molar-refractivity contribution in [2.75, 3.05) is 12.1 Å². The first kappa shape index (κ1) is 20.7. The zero-order valence-electron chi connectivity index (χ0n) is 16.1. The lowest BCUT2D eigenvalue weighted by Crippen LogP contribution is -2.35. The molecule has 9 heteroatoms. The SMILES string of the molecule is C[C@@H](OC(=O)c1ccc(NC(=O)CC#N)cc1)C(=O)NCc1ccc2c(c1)OCO2. The smallest absolute Gasteiger partial charge is 0.338 e. The zero-order chi connectivity index (χ0) is 21.5. The number of nitriles is 1. The predicted octanol–water partition coefficient (Wildman–Crippen LogP) is 2.13. The Hall–Kier alpha value is -4.06. The number of amides is 2. The fourth-order valence-electron chi connectivity index (χ4n) is 2.63. The van der Waals surface area contributed by atoms with E-state index in [0.717, 1.165) is 5.56 Å². The number of hydrogen-bond acceptors (Lipinski definition) is 7. The van der Waals surface area contributed by atoms with Gasteiger partial charge < -0.3 is 24.8 Å². The third-order valence-electron chi connectivity index (χ3n) is 4.20. The molecule has 30 heavy (non-hydrogen) atoms. The van der Waals surface area contributed by atoms with Gasteiger partial charge in [-0.1, -0.05) is 6.07 Å². The maximum absolute atomic E-state index is 12.2. The molecule has 0 aliphatic carbocycles. The summed E-state index contributed by atoms with van der Waals surface area (Å²) in [5.41, 5.74) is 1.49. The van der Waals surface area contributed by atoms with Gasteiger partial charge in [0.2, 0.25) is 12.7 Å². The minimum absolute atomic E-state index is 0.172. The Balaban J connectivity index is 1.49. The molecule has 9 nitrogen and oxygen atoms in total. The molecule has 1 aliphatic rings. The predicted molar refractivity (Wildman–Crippen MR) is 105 cm³/mol. The van der Waals surface area contributed by atoms with E-state index in [1.807, 2.05) is 0 Å². The lowest BCUT2D eigenvalue weighted by Gasteiger charge is -2.14. The van der Waals surface area contributed by atoms with Crippen LogP contribution in [0.15, 0.2) is 42.5 Å². The minimum atomic E-state index is -0.999. The molecule has 0 fully saturated rings. The molecule has 0 saturated carbocycles. The Bertz CT molecular complexity index is 997. The minimum Gasteiger partial charge on any atom is -0.454 e. The van der Waals surface area contributed by atoms with Crippen LogP contribution in [-0.2, 0) is 20.9 Å². The van der Waals surface area contributed by atoms with Crippen LogP contribution in [0, 0.1) is 11.3 Å². The Labute approximate surface area is 172 Å². The molecule has 154 valence electrons. The molecule has 0 unspecified atom stereocenters. The monoisotopic (exact) mass is 409 g/mol. The Kier molecular flexibility index (Phi) is 6.49. The lowest BCUT2D eigenvalue weighted by molar-refractivity contribution is -0.129. The van der Waals surface area contributed by atoms with Crippen molar-refractivity contribution in [1.82, 2.24) is 5.32 Å². The maximum Gasteiger partial charge on any atom is 0.338 e. The van der Waals surface area contributed by atoms with Gasteiger partial charge >= 0.3 is 5.97 Å². The van der Waals surface area contributed by atoms with Crippen molar-refractivity contribution < 1.29 is 28.6 Å². The molecule has 0 bridgehead atoms. The average Bonchev–Trinajstić information content (AvgIpc) is 3.20. The van der Waals surface area contributed by atoms with Crippen LogP contribution in [0.1, 0.15) is 29.3 Å². The van der Waals surface area contributed by atoms with Crippen molar-refractivity contribution >= 4 is 23.5 Å². The van der Waals surface area contributed by atoms with Crippen LogP contribution in [0.25, 0.3) is 0 Å². The van der Waals surface area contributed by atoms with Gasteiger partial charge in [-0.25, -0.2) is 4.79 Å². The third-order valence-corrected chi connectivity index (χ3v) is 4.20. The molecule has 2 amide bonds. The standard InChI is InChI=1S/C21H19N3O6/c1-13(20(26)23-11-14-2-7-17-18(10-14)29-12-28-17)30-21(27)15-3-5-16(6-4-15)24-19(25)8-9-22/h2-7,10,13H,8,11-12H2,1H3,(H,23,26)(H,24,25)/t13-/m1/s1. The normalized spacial score (nSPS) is 12.4. The number of carbonyl (C=O) groups is 3. The third kappa shape index (κ3) is 5.26. The van der Waals surface area contributed by atoms with Gasteiger partial charge in [-0.05, 0) is 48.9 Å². The first-order valence-electron chi connectivity index (χ1n) is 9.10. The number of nitrogens with one attached hydrogen (secondary N) is 2. The Morgan fingerprint density at radius 3 is 2.60 bits per heavy atom. The zero-order valence-corrected chi connectivity index (χ0v) is 16.1. The molecule has 2 N–H and O–H groups in total. The highest BCUT2D eigenvalue weighted by Gasteiger charge is 2.19.